The third-order valence-corrected chi connectivity index (χ3v) is 7.66. The molecule has 10 heteroatoms. The van der Waals surface area contributed by atoms with E-state index < -0.39 is 11.7 Å². The van der Waals surface area contributed by atoms with E-state index in [1.807, 2.05) is 29.2 Å². The molecule has 3 aromatic carbocycles. The Bertz CT molecular complexity index is 1500. The molecule has 0 atom stereocenters. The molecule has 4 nitrogen and oxygen atoms in total. The number of nitrogens with zero attached hydrogens (tertiary/aromatic N) is 3. The number of carbonyl (C=O) groups excluding carboxylic acids is 1. The van der Waals surface area contributed by atoms with Crippen LogP contribution in [0.25, 0.3) is 22.2 Å². The van der Waals surface area contributed by atoms with Gasteiger partial charge in [0, 0.05) is 42.8 Å². The van der Waals surface area contributed by atoms with Gasteiger partial charge in [0.05, 0.1) is 37.4 Å². The standard InChI is InChI=1S/C27H19Cl3F3N3O/c28-21-9-8-19(24(29)25(21)30)23-15-20(18-6-1-2-7-22(18)34-23)26(37)36-12-10-35(11-13-36)17-5-3-4-16(14-17)27(31,32)33/h1-9,14-15H,10-13H2. The van der Waals surface area contributed by atoms with Crippen molar-refractivity contribution in [2.75, 3.05) is 31.1 Å². The molecule has 0 unspecified atom stereocenters. The van der Waals surface area contributed by atoms with Crippen LogP contribution in [-0.4, -0.2) is 42.0 Å². The van der Waals surface area contributed by atoms with Gasteiger partial charge in [-0.15, -0.1) is 0 Å². The molecule has 1 amide bonds. The van der Waals surface area contributed by atoms with Crippen molar-refractivity contribution in [3.8, 4) is 11.3 Å². The molecular weight excluding hydrogens is 546 g/mol. The van der Waals surface area contributed by atoms with Crippen LogP contribution in [0.3, 0.4) is 0 Å². The summed E-state index contributed by atoms with van der Waals surface area (Å²) in [6.45, 7) is 1.52. The molecule has 0 aliphatic carbocycles. The van der Waals surface area contributed by atoms with Crippen molar-refractivity contribution < 1.29 is 18.0 Å². The summed E-state index contributed by atoms with van der Waals surface area (Å²) in [4.78, 5) is 21.9. The zero-order valence-electron chi connectivity index (χ0n) is 19.2. The van der Waals surface area contributed by atoms with E-state index in [0.29, 0.717) is 64.6 Å². The Morgan fingerprint density at radius 1 is 0.838 bits per heavy atom. The van der Waals surface area contributed by atoms with E-state index in [-0.39, 0.29) is 16.0 Å². The fraction of sp³-hybridized carbons (Fsp3) is 0.185. The summed E-state index contributed by atoms with van der Waals surface area (Å²) >= 11 is 18.8. The fourth-order valence-electron chi connectivity index (χ4n) is 4.43. The molecule has 37 heavy (non-hydrogen) atoms. The summed E-state index contributed by atoms with van der Waals surface area (Å²) in [6, 6.07) is 17.6. The predicted molar refractivity (Wildman–Crippen MR) is 142 cm³/mol. The number of alkyl halides is 3. The molecule has 1 aliphatic heterocycles. The van der Waals surface area contributed by atoms with Crippen LogP contribution in [0.2, 0.25) is 15.1 Å². The number of aromatic nitrogens is 1. The lowest BCUT2D eigenvalue weighted by atomic mass is 10.0. The van der Waals surface area contributed by atoms with Crippen LogP contribution >= 0.6 is 34.8 Å². The number of carbonyl (C=O) groups is 1. The lowest BCUT2D eigenvalue weighted by Gasteiger charge is -2.36. The quantitative estimate of drug-likeness (QED) is 0.238. The minimum Gasteiger partial charge on any atom is -0.368 e. The predicted octanol–water partition coefficient (Wildman–Crippen LogP) is 7.84. The first kappa shape index (κ1) is 25.6. The van der Waals surface area contributed by atoms with Gasteiger partial charge in [-0.1, -0.05) is 59.1 Å². The average Bonchev–Trinajstić information content (AvgIpc) is 2.90. The molecular formula is C27H19Cl3F3N3O. The second-order valence-corrected chi connectivity index (χ2v) is 9.79. The van der Waals surface area contributed by atoms with E-state index in [0.717, 1.165) is 12.1 Å². The summed E-state index contributed by atoms with van der Waals surface area (Å²) in [5.74, 6) is -0.195. The number of rotatable bonds is 3. The number of para-hydroxylation sites is 1. The second-order valence-electron chi connectivity index (χ2n) is 8.62. The number of pyridine rings is 1. The SMILES string of the molecule is O=C(c1cc(-c2ccc(Cl)c(Cl)c2Cl)nc2ccccc12)N1CCN(c2cccc(C(F)(F)F)c2)CC1. The summed E-state index contributed by atoms with van der Waals surface area (Å²) in [5, 5.41) is 1.44. The van der Waals surface area contributed by atoms with Gasteiger partial charge in [0.15, 0.2) is 0 Å². The van der Waals surface area contributed by atoms with Crippen molar-refractivity contribution in [2.24, 2.45) is 0 Å². The van der Waals surface area contributed by atoms with E-state index in [2.05, 4.69) is 4.98 Å². The molecule has 0 bridgehead atoms. The Morgan fingerprint density at radius 2 is 1.57 bits per heavy atom. The monoisotopic (exact) mass is 563 g/mol. The number of halogens is 6. The van der Waals surface area contributed by atoms with Crippen molar-refractivity contribution in [3.63, 3.8) is 0 Å². The minimum absolute atomic E-state index is 0.195. The van der Waals surface area contributed by atoms with Crippen LogP contribution in [0.5, 0.6) is 0 Å². The topological polar surface area (TPSA) is 36.4 Å². The van der Waals surface area contributed by atoms with E-state index in [1.165, 1.54) is 6.07 Å². The lowest BCUT2D eigenvalue weighted by molar-refractivity contribution is -0.137. The molecule has 1 aromatic heterocycles. The number of benzene rings is 3. The number of hydrogen-bond acceptors (Lipinski definition) is 3. The first-order valence-electron chi connectivity index (χ1n) is 11.4. The molecule has 0 N–H and O–H groups in total. The van der Waals surface area contributed by atoms with Crippen molar-refractivity contribution in [1.82, 2.24) is 9.88 Å². The third kappa shape index (κ3) is 5.08. The molecule has 0 saturated carbocycles. The van der Waals surface area contributed by atoms with Crippen LogP contribution < -0.4 is 4.90 Å². The van der Waals surface area contributed by atoms with Crippen molar-refractivity contribution in [1.29, 1.82) is 0 Å². The molecule has 5 rings (SSSR count). The Balaban J connectivity index is 1.43. The Hall–Kier alpha value is -3.00. The summed E-state index contributed by atoms with van der Waals surface area (Å²) in [6.07, 6.45) is -4.41. The molecule has 2 heterocycles. The maximum atomic E-state index is 13.7. The van der Waals surface area contributed by atoms with Gasteiger partial charge in [-0.3, -0.25) is 4.79 Å². The highest BCUT2D eigenvalue weighted by molar-refractivity contribution is 6.49. The molecule has 1 aliphatic rings. The zero-order chi connectivity index (χ0) is 26.3. The van der Waals surface area contributed by atoms with E-state index in [4.69, 9.17) is 34.8 Å². The molecule has 1 saturated heterocycles. The maximum Gasteiger partial charge on any atom is 0.416 e. The van der Waals surface area contributed by atoms with Gasteiger partial charge in [-0.25, -0.2) is 4.98 Å². The van der Waals surface area contributed by atoms with Crippen LogP contribution in [0.15, 0.2) is 66.7 Å². The minimum atomic E-state index is -4.41. The second kappa shape index (κ2) is 10.0. The average molecular weight is 565 g/mol. The molecule has 0 radical (unpaired) electrons. The van der Waals surface area contributed by atoms with E-state index in [1.54, 1.807) is 29.2 Å². The van der Waals surface area contributed by atoms with Crippen LogP contribution in [0.4, 0.5) is 18.9 Å². The van der Waals surface area contributed by atoms with Crippen LogP contribution in [0.1, 0.15) is 15.9 Å². The van der Waals surface area contributed by atoms with Crippen molar-refractivity contribution in [3.05, 3.63) is 92.9 Å². The van der Waals surface area contributed by atoms with E-state index in [9.17, 15) is 18.0 Å². The molecule has 1 fully saturated rings. The summed E-state index contributed by atoms with van der Waals surface area (Å²) in [5.41, 5.74) is 1.88. The van der Waals surface area contributed by atoms with Gasteiger partial charge >= 0.3 is 6.18 Å². The molecule has 4 aromatic rings. The maximum absolute atomic E-state index is 13.7. The Labute approximate surface area is 226 Å². The highest BCUT2D eigenvalue weighted by Gasteiger charge is 2.31. The fourth-order valence-corrected chi connectivity index (χ4v) is 5.06. The van der Waals surface area contributed by atoms with Gasteiger partial charge < -0.3 is 9.80 Å². The normalized spacial score (nSPS) is 14.3. The third-order valence-electron chi connectivity index (χ3n) is 6.36. The molecule has 0 spiro atoms. The summed E-state index contributed by atoms with van der Waals surface area (Å²) in [7, 11) is 0. The van der Waals surface area contributed by atoms with Gasteiger partial charge in [0.2, 0.25) is 0 Å². The largest absolute Gasteiger partial charge is 0.416 e. The van der Waals surface area contributed by atoms with Crippen molar-refractivity contribution >= 4 is 57.3 Å². The van der Waals surface area contributed by atoms with Crippen molar-refractivity contribution in [2.45, 2.75) is 6.18 Å². The Morgan fingerprint density at radius 3 is 2.30 bits per heavy atom. The van der Waals surface area contributed by atoms with Crippen LogP contribution in [-0.2, 0) is 6.18 Å². The number of amides is 1. The van der Waals surface area contributed by atoms with Gasteiger partial charge in [0.25, 0.3) is 5.91 Å². The number of piperazine rings is 1. The first-order chi connectivity index (χ1) is 17.6. The number of anilines is 1. The summed E-state index contributed by atoms with van der Waals surface area (Å²) < 4.78 is 39.4. The van der Waals surface area contributed by atoms with Gasteiger partial charge in [0.1, 0.15) is 0 Å². The lowest BCUT2D eigenvalue weighted by Crippen LogP contribution is -2.48. The number of hydrogen-bond donors (Lipinski definition) is 0. The van der Waals surface area contributed by atoms with Gasteiger partial charge in [-0.05, 0) is 42.5 Å². The smallest absolute Gasteiger partial charge is 0.368 e. The van der Waals surface area contributed by atoms with E-state index >= 15 is 0 Å². The van der Waals surface area contributed by atoms with Crippen LogP contribution in [0, 0.1) is 0 Å². The first-order valence-corrected chi connectivity index (χ1v) is 12.5. The van der Waals surface area contributed by atoms with Gasteiger partial charge in [-0.2, -0.15) is 13.2 Å². The zero-order valence-corrected chi connectivity index (χ0v) is 21.5. The highest BCUT2D eigenvalue weighted by atomic mass is 35.5. The Kier molecular flexibility index (Phi) is 6.96. The highest BCUT2D eigenvalue weighted by Crippen LogP contribution is 2.38. The number of fused-ring (bicyclic) bond motifs is 1. The molecule has 190 valence electrons.